The van der Waals surface area contributed by atoms with Gasteiger partial charge in [-0.15, -0.1) is 0 Å². The molecule has 8 aromatic carbocycles. The van der Waals surface area contributed by atoms with Crippen molar-refractivity contribution in [3.63, 3.8) is 0 Å². The van der Waals surface area contributed by atoms with Crippen LogP contribution in [0, 0.1) is 0 Å². The van der Waals surface area contributed by atoms with Crippen molar-refractivity contribution in [2.45, 2.75) is 6.17 Å². The van der Waals surface area contributed by atoms with Gasteiger partial charge in [0.1, 0.15) is 23.2 Å². The van der Waals surface area contributed by atoms with Gasteiger partial charge in [-0.25, -0.2) is 9.98 Å². The second-order valence-electron chi connectivity index (χ2n) is 13.0. The Bertz CT molecular complexity index is 2830. The van der Waals surface area contributed by atoms with Crippen LogP contribution in [0.15, 0.2) is 190 Å². The molecule has 1 aromatic heterocycles. The SMILES string of the molecule is c1ccc(C2=NC(c3cc(-c4ccc(-c5ccccc5)c5ccccc45)cc4oc5ccccc5c34)=NC(c3ccc4ccccc4c3)N2)cc1. The van der Waals surface area contributed by atoms with Crippen LogP contribution in [0.2, 0.25) is 0 Å². The van der Waals surface area contributed by atoms with Crippen molar-refractivity contribution < 1.29 is 4.42 Å². The molecule has 0 aliphatic carbocycles. The predicted octanol–water partition coefficient (Wildman–Crippen LogP) is 11.7. The van der Waals surface area contributed by atoms with Crippen molar-refractivity contribution in [3.05, 3.63) is 193 Å². The largest absolute Gasteiger partial charge is 0.456 e. The molecule has 1 N–H and O–H groups in total. The fraction of sp³-hybridized carbons (Fsp3) is 0.0213. The molecular formula is C47H31N3O. The second kappa shape index (κ2) is 12.0. The minimum atomic E-state index is -0.347. The van der Waals surface area contributed by atoms with E-state index in [1.807, 2.05) is 30.3 Å². The maximum Gasteiger partial charge on any atom is 0.160 e. The molecule has 1 atom stereocenters. The van der Waals surface area contributed by atoms with Crippen LogP contribution in [-0.2, 0) is 0 Å². The summed E-state index contributed by atoms with van der Waals surface area (Å²) in [6, 6.07) is 61.7. The zero-order valence-electron chi connectivity index (χ0n) is 27.6. The normalized spacial score (nSPS) is 14.5. The molecule has 1 aliphatic rings. The first-order valence-electron chi connectivity index (χ1n) is 17.3. The Labute approximate surface area is 295 Å². The van der Waals surface area contributed by atoms with Gasteiger partial charge in [0.15, 0.2) is 5.84 Å². The highest BCUT2D eigenvalue weighted by Gasteiger charge is 2.25. The van der Waals surface area contributed by atoms with E-state index in [-0.39, 0.29) is 6.17 Å². The number of benzene rings is 8. The lowest BCUT2D eigenvalue weighted by Gasteiger charge is -2.24. The first-order valence-corrected chi connectivity index (χ1v) is 17.3. The molecule has 0 saturated carbocycles. The summed E-state index contributed by atoms with van der Waals surface area (Å²) in [5.74, 6) is 1.44. The maximum absolute atomic E-state index is 6.60. The summed E-state index contributed by atoms with van der Waals surface area (Å²) in [6.07, 6.45) is -0.347. The van der Waals surface area contributed by atoms with E-state index in [0.717, 1.165) is 55.6 Å². The van der Waals surface area contributed by atoms with E-state index in [1.165, 1.54) is 32.7 Å². The van der Waals surface area contributed by atoms with Crippen LogP contribution >= 0.6 is 0 Å². The topological polar surface area (TPSA) is 49.9 Å². The summed E-state index contributed by atoms with van der Waals surface area (Å²) in [6.45, 7) is 0. The summed E-state index contributed by atoms with van der Waals surface area (Å²) in [5, 5.41) is 10.5. The molecule has 1 unspecified atom stereocenters. The average Bonchev–Trinajstić information content (AvgIpc) is 3.59. The Morgan fingerprint density at radius 3 is 1.84 bits per heavy atom. The Kier molecular flexibility index (Phi) is 6.85. The fourth-order valence-corrected chi connectivity index (χ4v) is 7.47. The molecule has 0 spiro atoms. The molecule has 0 bridgehead atoms. The Morgan fingerprint density at radius 2 is 1.08 bits per heavy atom. The number of para-hydroxylation sites is 1. The molecule has 0 amide bonds. The lowest BCUT2D eigenvalue weighted by molar-refractivity contribution is 0.668. The van der Waals surface area contributed by atoms with Gasteiger partial charge < -0.3 is 9.73 Å². The monoisotopic (exact) mass is 653 g/mol. The number of amidine groups is 2. The molecule has 0 saturated heterocycles. The highest BCUT2D eigenvalue weighted by Crippen LogP contribution is 2.40. The molecule has 4 nitrogen and oxygen atoms in total. The Balaban J connectivity index is 1.22. The van der Waals surface area contributed by atoms with Gasteiger partial charge in [0.25, 0.3) is 0 Å². The molecular weight excluding hydrogens is 623 g/mol. The number of furan rings is 1. The molecule has 9 aromatic rings. The fourth-order valence-electron chi connectivity index (χ4n) is 7.47. The van der Waals surface area contributed by atoms with Crippen LogP contribution in [0.3, 0.4) is 0 Å². The summed E-state index contributed by atoms with van der Waals surface area (Å²) in [5.41, 5.74) is 9.23. The molecule has 51 heavy (non-hydrogen) atoms. The summed E-state index contributed by atoms with van der Waals surface area (Å²) in [7, 11) is 0. The molecule has 0 radical (unpaired) electrons. The van der Waals surface area contributed by atoms with Gasteiger partial charge >= 0.3 is 0 Å². The van der Waals surface area contributed by atoms with Crippen molar-refractivity contribution in [2.75, 3.05) is 0 Å². The van der Waals surface area contributed by atoms with E-state index in [0.29, 0.717) is 5.84 Å². The van der Waals surface area contributed by atoms with Gasteiger partial charge in [-0.2, -0.15) is 0 Å². The number of fused-ring (bicyclic) bond motifs is 5. The van der Waals surface area contributed by atoms with E-state index < -0.39 is 0 Å². The van der Waals surface area contributed by atoms with Crippen molar-refractivity contribution in [1.82, 2.24) is 5.32 Å². The van der Waals surface area contributed by atoms with E-state index in [9.17, 15) is 0 Å². The minimum absolute atomic E-state index is 0.347. The van der Waals surface area contributed by atoms with E-state index in [1.54, 1.807) is 0 Å². The van der Waals surface area contributed by atoms with Crippen molar-refractivity contribution in [2.24, 2.45) is 9.98 Å². The molecule has 4 heteroatoms. The first-order chi connectivity index (χ1) is 25.3. The van der Waals surface area contributed by atoms with Crippen LogP contribution in [0.1, 0.15) is 22.9 Å². The zero-order chi connectivity index (χ0) is 33.7. The second-order valence-corrected chi connectivity index (χ2v) is 13.0. The van der Waals surface area contributed by atoms with Crippen LogP contribution in [0.5, 0.6) is 0 Å². The van der Waals surface area contributed by atoms with Crippen molar-refractivity contribution in [1.29, 1.82) is 0 Å². The van der Waals surface area contributed by atoms with Crippen LogP contribution in [0.4, 0.5) is 0 Å². The number of nitrogens with one attached hydrogen (secondary N) is 1. The number of hydrogen-bond donors (Lipinski definition) is 1. The predicted molar refractivity (Wildman–Crippen MR) is 211 cm³/mol. The molecule has 1 aliphatic heterocycles. The standard InChI is InChI=1S/C47H31N3O/c1-3-14-31(15-4-1)36-25-26-37(39-20-10-9-19-38(36)39)35-28-41(44-40-21-11-12-22-42(40)51-43(44)29-35)47-49-45(32-16-5-2-6-17-32)48-46(50-47)34-24-23-30-13-7-8-18-33(30)27-34/h1-29,46H,(H,48,49,50). The smallest absolute Gasteiger partial charge is 0.160 e. The Morgan fingerprint density at radius 1 is 0.451 bits per heavy atom. The third-order valence-electron chi connectivity index (χ3n) is 9.92. The lowest BCUT2D eigenvalue weighted by Crippen LogP contribution is -2.33. The average molecular weight is 654 g/mol. The third-order valence-corrected chi connectivity index (χ3v) is 9.92. The lowest BCUT2D eigenvalue weighted by atomic mass is 9.90. The quantitative estimate of drug-likeness (QED) is 0.201. The molecule has 10 rings (SSSR count). The number of rotatable bonds is 5. The van der Waals surface area contributed by atoms with Gasteiger partial charge in [0.2, 0.25) is 0 Å². The highest BCUT2D eigenvalue weighted by molar-refractivity contribution is 6.23. The van der Waals surface area contributed by atoms with Gasteiger partial charge in [-0.3, -0.25) is 0 Å². The summed E-state index contributed by atoms with van der Waals surface area (Å²) in [4.78, 5) is 10.6. The first kappa shape index (κ1) is 29.2. The van der Waals surface area contributed by atoms with Crippen molar-refractivity contribution >= 4 is 55.2 Å². The van der Waals surface area contributed by atoms with Gasteiger partial charge in [-0.05, 0) is 73.6 Å². The molecule has 2 heterocycles. The van der Waals surface area contributed by atoms with E-state index in [4.69, 9.17) is 14.4 Å². The van der Waals surface area contributed by atoms with Gasteiger partial charge in [0, 0.05) is 21.9 Å². The van der Waals surface area contributed by atoms with Crippen LogP contribution < -0.4 is 5.32 Å². The van der Waals surface area contributed by atoms with Gasteiger partial charge in [0.05, 0.1) is 0 Å². The summed E-state index contributed by atoms with van der Waals surface area (Å²) < 4.78 is 6.60. The van der Waals surface area contributed by atoms with Gasteiger partial charge in [-0.1, -0.05) is 152 Å². The number of nitrogens with zero attached hydrogens (tertiary/aromatic N) is 2. The minimum Gasteiger partial charge on any atom is -0.456 e. The van der Waals surface area contributed by atoms with E-state index in [2.05, 4.69) is 151 Å². The molecule has 0 fully saturated rings. The maximum atomic E-state index is 6.60. The Hall–Kier alpha value is -6.78. The molecule has 240 valence electrons. The zero-order valence-corrected chi connectivity index (χ0v) is 27.6. The van der Waals surface area contributed by atoms with Crippen LogP contribution in [0.25, 0.3) is 65.7 Å². The van der Waals surface area contributed by atoms with Crippen LogP contribution in [-0.4, -0.2) is 11.7 Å². The number of aliphatic imine (C=N–C) groups is 2. The third kappa shape index (κ3) is 5.08. The highest BCUT2D eigenvalue weighted by atomic mass is 16.3. The van der Waals surface area contributed by atoms with Crippen molar-refractivity contribution in [3.8, 4) is 22.3 Å². The number of hydrogen-bond acceptors (Lipinski definition) is 4. The van der Waals surface area contributed by atoms with E-state index >= 15 is 0 Å². The summed E-state index contributed by atoms with van der Waals surface area (Å²) >= 11 is 0.